The summed E-state index contributed by atoms with van der Waals surface area (Å²) in [6.07, 6.45) is -0.233. The van der Waals surface area contributed by atoms with Gasteiger partial charge in [-0.25, -0.2) is 4.79 Å². The van der Waals surface area contributed by atoms with Crippen LogP contribution in [0.25, 0.3) is 0 Å². The SMILES string of the molecule is C=C1CN(C(=O)OC(C)(C)C)C[C@@H]1C. The van der Waals surface area contributed by atoms with Crippen LogP contribution in [0, 0.1) is 5.92 Å². The van der Waals surface area contributed by atoms with E-state index in [1.807, 2.05) is 20.8 Å². The summed E-state index contributed by atoms with van der Waals surface area (Å²) in [5, 5.41) is 0. The lowest BCUT2D eigenvalue weighted by atomic mass is 10.1. The van der Waals surface area contributed by atoms with E-state index >= 15 is 0 Å². The number of amides is 1. The van der Waals surface area contributed by atoms with E-state index in [-0.39, 0.29) is 6.09 Å². The van der Waals surface area contributed by atoms with Crippen molar-refractivity contribution in [2.24, 2.45) is 5.92 Å². The van der Waals surface area contributed by atoms with E-state index in [9.17, 15) is 4.79 Å². The molecule has 0 aromatic heterocycles. The summed E-state index contributed by atoms with van der Waals surface area (Å²) < 4.78 is 5.26. The molecule has 1 fully saturated rings. The maximum Gasteiger partial charge on any atom is 0.410 e. The molecule has 1 aliphatic rings. The zero-order chi connectivity index (χ0) is 10.9. The highest BCUT2D eigenvalue weighted by Crippen LogP contribution is 2.22. The van der Waals surface area contributed by atoms with Crippen LogP contribution < -0.4 is 0 Å². The fourth-order valence-electron chi connectivity index (χ4n) is 1.39. The third kappa shape index (κ3) is 2.76. The molecule has 0 saturated carbocycles. The molecule has 0 bridgehead atoms. The summed E-state index contributed by atoms with van der Waals surface area (Å²) in [6, 6.07) is 0. The summed E-state index contributed by atoms with van der Waals surface area (Å²) in [7, 11) is 0. The molecule has 1 amide bonds. The van der Waals surface area contributed by atoms with E-state index in [4.69, 9.17) is 4.74 Å². The first-order chi connectivity index (χ1) is 6.29. The second-order valence-corrected chi connectivity index (χ2v) is 4.92. The van der Waals surface area contributed by atoms with Crippen LogP contribution in [0.2, 0.25) is 0 Å². The predicted octanol–water partition coefficient (Wildman–Crippen LogP) is 2.43. The van der Waals surface area contributed by atoms with Gasteiger partial charge in [0, 0.05) is 13.1 Å². The molecule has 0 unspecified atom stereocenters. The van der Waals surface area contributed by atoms with Crippen LogP contribution in [0.1, 0.15) is 27.7 Å². The molecule has 80 valence electrons. The molecule has 1 atom stereocenters. The zero-order valence-corrected chi connectivity index (χ0v) is 9.46. The van der Waals surface area contributed by atoms with Crippen LogP contribution in [-0.2, 0) is 4.74 Å². The molecule has 0 N–H and O–H groups in total. The second-order valence-electron chi connectivity index (χ2n) is 4.92. The second kappa shape index (κ2) is 3.64. The normalized spacial score (nSPS) is 22.7. The first-order valence-corrected chi connectivity index (χ1v) is 4.95. The maximum atomic E-state index is 11.6. The van der Waals surface area contributed by atoms with Crippen molar-refractivity contribution in [3.8, 4) is 0 Å². The van der Waals surface area contributed by atoms with Gasteiger partial charge in [0.05, 0.1) is 0 Å². The Morgan fingerprint density at radius 1 is 1.57 bits per heavy atom. The Bertz CT molecular complexity index is 253. The van der Waals surface area contributed by atoms with E-state index in [1.54, 1.807) is 4.90 Å². The summed E-state index contributed by atoms with van der Waals surface area (Å²) in [5.41, 5.74) is 0.695. The Labute approximate surface area is 85.7 Å². The molecule has 0 aromatic rings. The highest BCUT2D eigenvalue weighted by molar-refractivity contribution is 5.69. The number of nitrogens with zero attached hydrogens (tertiary/aromatic N) is 1. The van der Waals surface area contributed by atoms with Gasteiger partial charge in [-0.05, 0) is 26.7 Å². The lowest BCUT2D eigenvalue weighted by molar-refractivity contribution is 0.0292. The van der Waals surface area contributed by atoms with Crippen molar-refractivity contribution in [2.75, 3.05) is 13.1 Å². The third-order valence-electron chi connectivity index (χ3n) is 2.24. The average Bonchev–Trinajstić information content (AvgIpc) is 2.28. The average molecular weight is 197 g/mol. The van der Waals surface area contributed by atoms with Crippen LogP contribution in [0.15, 0.2) is 12.2 Å². The summed E-state index contributed by atoms with van der Waals surface area (Å²) >= 11 is 0. The number of ether oxygens (including phenoxy) is 1. The first kappa shape index (κ1) is 11.1. The standard InChI is InChI=1S/C11H19NO2/c1-8-6-12(7-9(8)2)10(13)14-11(3,4)5/h9H,1,6-7H2,2-5H3/t9-/m0/s1. The Morgan fingerprint density at radius 2 is 2.14 bits per heavy atom. The number of likely N-dealkylation sites (tertiary alicyclic amines) is 1. The molecule has 0 spiro atoms. The fourth-order valence-corrected chi connectivity index (χ4v) is 1.39. The van der Waals surface area contributed by atoms with Crippen molar-refractivity contribution in [1.29, 1.82) is 0 Å². The van der Waals surface area contributed by atoms with E-state index in [1.165, 1.54) is 0 Å². The van der Waals surface area contributed by atoms with Crippen molar-refractivity contribution >= 4 is 6.09 Å². The Balaban J connectivity index is 2.52. The van der Waals surface area contributed by atoms with Crippen molar-refractivity contribution < 1.29 is 9.53 Å². The lowest BCUT2D eigenvalue weighted by Crippen LogP contribution is -2.35. The number of carbonyl (C=O) groups is 1. The van der Waals surface area contributed by atoms with Gasteiger partial charge in [0.25, 0.3) is 0 Å². The summed E-state index contributed by atoms with van der Waals surface area (Å²) in [6.45, 7) is 13.0. The van der Waals surface area contributed by atoms with Crippen LogP contribution >= 0.6 is 0 Å². The molecular weight excluding hydrogens is 178 g/mol. The van der Waals surface area contributed by atoms with E-state index in [2.05, 4.69) is 13.5 Å². The van der Waals surface area contributed by atoms with Crippen LogP contribution in [-0.4, -0.2) is 29.7 Å². The van der Waals surface area contributed by atoms with Gasteiger partial charge in [0.2, 0.25) is 0 Å². The van der Waals surface area contributed by atoms with Crippen molar-refractivity contribution in [1.82, 2.24) is 4.90 Å². The van der Waals surface area contributed by atoms with Gasteiger partial charge in [-0.3, -0.25) is 0 Å². The minimum atomic E-state index is -0.412. The van der Waals surface area contributed by atoms with E-state index in [0.29, 0.717) is 12.5 Å². The number of hydrogen-bond donors (Lipinski definition) is 0. The molecule has 0 aliphatic carbocycles. The van der Waals surface area contributed by atoms with Crippen molar-refractivity contribution in [3.05, 3.63) is 12.2 Å². The van der Waals surface area contributed by atoms with Crippen LogP contribution in [0.4, 0.5) is 4.79 Å². The number of carbonyl (C=O) groups excluding carboxylic acids is 1. The van der Waals surface area contributed by atoms with Gasteiger partial charge in [0.15, 0.2) is 0 Å². The zero-order valence-electron chi connectivity index (χ0n) is 9.46. The molecular formula is C11H19NO2. The molecule has 1 rings (SSSR count). The monoisotopic (exact) mass is 197 g/mol. The van der Waals surface area contributed by atoms with Crippen molar-refractivity contribution in [3.63, 3.8) is 0 Å². The molecule has 1 heterocycles. The molecule has 1 saturated heterocycles. The third-order valence-corrected chi connectivity index (χ3v) is 2.24. The Hall–Kier alpha value is -0.990. The van der Waals surface area contributed by atoms with E-state index in [0.717, 1.165) is 12.1 Å². The minimum Gasteiger partial charge on any atom is -0.444 e. The van der Waals surface area contributed by atoms with Crippen molar-refractivity contribution in [2.45, 2.75) is 33.3 Å². The van der Waals surface area contributed by atoms with Gasteiger partial charge in [-0.1, -0.05) is 19.1 Å². The lowest BCUT2D eigenvalue weighted by Gasteiger charge is -2.24. The van der Waals surface area contributed by atoms with Gasteiger partial charge in [-0.15, -0.1) is 0 Å². The van der Waals surface area contributed by atoms with Gasteiger partial charge in [-0.2, -0.15) is 0 Å². The summed E-state index contributed by atoms with van der Waals surface area (Å²) in [5.74, 6) is 0.391. The van der Waals surface area contributed by atoms with Gasteiger partial charge >= 0.3 is 6.09 Å². The Morgan fingerprint density at radius 3 is 2.50 bits per heavy atom. The topological polar surface area (TPSA) is 29.5 Å². The van der Waals surface area contributed by atoms with Crippen LogP contribution in [0.3, 0.4) is 0 Å². The Kier molecular flexibility index (Phi) is 2.88. The van der Waals surface area contributed by atoms with E-state index < -0.39 is 5.60 Å². The molecule has 14 heavy (non-hydrogen) atoms. The fraction of sp³-hybridized carbons (Fsp3) is 0.727. The molecule has 3 heteroatoms. The largest absolute Gasteiger partial charge is 0.444 e. The first-order valence-electron chi connectivity index (χ1n) is 4.95. The molecule has 1 aliphatic heterocycles. The molecule has 3 nitrogen and oxygen atoms in total. The number of hydrogen-bond acceptors (Lipinski definition) is 2. The summed E-state index contributed by atoms with van der Waals surface area (Å²) in [4.78, 5) is 13.3. The predicted molar refractivity (Wildman–Crippen MR) is 56.1 cm³/mol. The minimum absolute atomic E-state index is 0.233. The quantitative estimate of drug-likeness (QED) is 0.558. The van der Waals surface area contributed by atoms with Gasteiger partial charge < -0.3 is 9.64 Å². The highest BCUT2D eigenvalue weighted by atomic mass is 16.6. The smallest absolute Gasteiger partial charge is 0.410 e. The highest BCUT2D eigenvalue weighted by Gasteiger charge is 2.29. The van der Waals surface area contributed by atoms with Crippen LogP contribution in [0.5, 0.6) is 0 Å². The number of rotatable bonds is 0. The maximum absolute atomic E-state index is 11.6. The molecule has 0 radical (unpaired) electrons. The van der Waals surface area contributed by atoms with Gasteiger partial charge in [0.1, 0.15) is 5.60 Å². The molecule has 0 aromatic carbocycles.